The Morgan fingerprint density at radius 3 is 2.75 bits per heavy atom. The number of phenols is 1. The zero-order chi connectivity index (χ0) is 11.7. The van der Waals surface area contributed by atoms with Gasteiger partial charge in [0.15, 0.2) is 11.5 Å². The number of hydrogen-bond acceptors (Lipinski definition) is 5. The number of aryl methyl sites for hydroxylation is 1. The minimum absolute atomic E-state index is 0.0987. The Hall–Kier alpha value is -2.17. The van der Waals surface area contributed by atoms with E-state index in [1.54, 1.807) is 25.1 Å². The molecule has 1 aromatic carbocycles. The fourth-order valence-electron chi connectivity index (χ4n) is 1.49. The highest BCUT2D eigenvalue weighted by molar-refractivity contribution is 5.73. The van der Waals surface area contributed by atoms with Crippen LogP contribution in [-0.4, -0.2) is 17.4 Å². The number of anilines is 1. The van der Waals surface area contributed by atoms with Crippen molar-refractivity contribution >= 4 is 5.88 Å². The van der Waals surface area contributed by atoms with Crippen molar-refractivity contribution in [3.63, 3.8) is 0 Å². The highest BCUT2D eigenvalue weighted by Crippen LogP contribution is 2.39. The first-order valence-corrected chi connectivity index (χ1v) is 4.72. The lowest BCUT2D eigenvalue weighted by Gasteiger charge is -2.09. The Balaban J connectivity index is 2.61. The first-order chi connectivity index (χ1) is 7.63. The van der Waals surface area contributed by atoms with Crippen LogP contribution in [0.15, 0.2) is 22.7 Å². The quantitative estimate of drug-likeness (QED) is 0.808. The molecule has 0 saturated carbocycles. The number of aromatic hydroxyl groups is 1. The SMILES string of the molecule is COc1c(-c2cc(N)on2)ccc(C)c1O. The Morgan fingerprint density at radius 1 is 1.44 bits per heavy atom. The van der Waals surface area contributed by atoms with Gasteiger partial charge in [-0.3, -0.25) is 0 Å². The van der Waals surface area contributed by atoms with E-state index < -0.39 is 0 Å². The largest absolute Gasteiger partial charge is 0.504 e. The third-order valence-electron chi connectivity index (χ3n) is 2.34. The zero-order valence-electron chi connectivity index (χ0n) is 9.02. The van der Waals surface area contributed by atoms with Crippen molar-refractivity contribution in [1.29, 1.82) is 0 Å². The van der Waals surface area contributed by atoms with Gasteiger partial charge < -0.3 is 20.1 Å². The van der Waals surface area contributed by atoms with Gasteiger partial charge in [-0.1, -0.05) is 11.2 Å². The predicted molar refractivity (Wildman–Crippen MR) is 59.3 cm³/mol. The Kier molecular flexibility index (Phi) is 2.44. The molecule has 0 atom stereocenters. The van der Waals surface area contributed by atoms with Gasteiger partial charge in [0.2, 0.25) is 5.88 Å². The first kappa shape index (κ1) is 10.4. The summed E-state index contributed by atoms with van der Waals surface area (Å²) in [5.74, 6) is 0.687. The molecule has 3 N–H and O–H groups in total. The second kappa shape index (κ2) is 3.77. The summed E-state index contributed by atoms with van der Waals surface area (Å²) in [7, 11) is 1.49. The maximum absolute atomic E-state index is 9.83. The maximum atomic E-state index is 9.83. The van der Waals surface area contributed by atoms with Crippen LogP contribution in [0, 0.1) is 6.92 Å². The number of nitrogens with two attached hydrogens (primary N) is 1. The number of aromatic nitrogens is 1. The molecule has 0 radical (unpaired) electrons. The molecule has 5 nitrogen and oxygen atoms in total. The van der Waals surface area contributed by atoms with Crippen molar-refractivity contribution in [2.24, 2.45) is 0 Å². The van der Waals surface area contributed by atoms with Crippen LogP contribution in [0.4, 0.5) is 5.88 Å². The van der Waals surface area contributed by atoms with E-state index in [0.29, 0.717) is 17.0 Å². The Bertz CT molecular complexity index is 520. The molecule has 0 unspecified atom stereocenters. The molecular weight excluding hydrogens is 208 g/mol. The van der Waals surface area contributed by atoms with Crippen LogP contribution in [0.3, 0.4) is 0 Å². The van der Waals surface area contributed by atoms with Crippen molar-refractivity contribution in [3.05, 3.63) is 23.8 Å². The van der Waals surface area contributed by atoms with Crippen LogP contribution in [0.1, 0.15) is 5.56 Å². The molecule has 2 rings (SSSR count). The lowest BCUT2D eigenvalue weighted by atomic mass is 10.1. The summed E-state index contributed by atoms with van der Waals surface area (Å²) in [6.07, 6.45) is 0. The van der Waals surface area contributed by atoms with Crippen molar-refractivity contribution in [2.45, 2.75) is 6.92 Å². The minimum Gasteiger partial charge on any atom is -0.504 e. The first-order valence-electron chi connectivity index (χ1n) is 4.72. The van der Waals surface area contributed by atoms with E-state index in [4.69, 9.17) is 15.0 Å². The molecule has 2 aromatic rings. The predicted octanol–water partition coefficient (Wildman–Crippen LogP) is 1.95. The summed E-state index contributed by atoms with van der Waals surface area (Å²) in [5.41, 5.74) is 7.35. The van der Waals surface area contributed by atoms with E-state index >= 15 is 0 Å². The van der Waals surface area contributed by atoms with Crippen molar-refractivity contribution in [3.8, 4) is 22.8 Å². The van der Waals surface area contributed by atoms with Gasteiger partial charge in [0, 0.05) is 11.6 Å². The normalized spacial score (nSPS) is 10.4. The molecule has 0 fully saturated rings. The number of nitrogens with zero attached hydrogens (tertiary/aromatic N) is 1. The number of nitrogen functional groups attached to an aromatic ring is 1. The summed E-state index contributed by atoms with van der Waals surface area (Å²) >= 11 is 0. The Labute approximate surface area is 92.4 Å². The second-order valence-electron chi connectivity index (χ2n) is 3.43. The topological polar surface area (TPSA) is 81.5 Å². The lowest BCUT2D eigenvalue weighted by molar-refractivity contribution is 0.372. The van der Waals surface area contributed by atoms with E-state index in [-0.39, 0.29) is 11.6 Å². The molecule has 0 aliphatic carbocycles. The number of benzene rings is 1. The van der Waals surface area contributed by atoms with Gasteiger partial charge in [0.25, 0.3) is 0 Å². The summed E-state index contributed by atoms with van der Waals surface area (Å²) < 4.78 is 9.93. The van der Waals surface area contributed by atoms with Gasteiger partial charge >= 0.3 is 0 Å². The number of ether oxygens (including phenoxy) is 1. The molecule has 0 spiro atoms. The van der Waals surface area contributed by atoms with Gasteiger partial charge in [0.1, 0.15) is 5.69 Å². The molecule has 0 aliphatic heterocycles. The summed E-state index contributed by atoms with van der Waals surface area (Å²) in [6.45, 7) is 1.79. The molecule has 0 bridgehead atoms. The van der Waals surface area contributed by atoms with Crippen LogP contribution in [0.5, 0.6) is 11.5 Å². The average Bonchev–Trinajstić information content (AvgIpc) is 2.68. The summed E-state index contributed by atoms with van der Waals surface area (Å²) in [5, 5.41) is 13.6. The molecule has 16 heavy (non-hydrogen) atoms. The van der Waals surface area contributed by atoms with Gasteiger partial charge in [-0.25, -0.2) is 0 Å². The van der Waals surface area contributed by atoms with Gasteiger partial charge in [-0.05, 0) is 18.6 Å². The van der Waals surface area contributed by atoms with E-state index in [0.717, 1.165) is 5.56 Å². The third-order valence-corrected chi connectivity index (χ3v) is 2.34. The van der Waals surface area contributed by atoms with Crippen LogP contribution in [0.2, 0.25) is 0 Å². The molecular formula is C11H12N2O3. The smallest absolute Gasteiger partial charge is 0.222 e. The van der Waals surface area contributed by atoms with E-state index in [2.05, 4.69) is 5.16 Å². The Morgan fingerprint density at radius 2 is 2.19 bits per heavy atom. The molecule has 84 valence electrons. The standard InChI is InChI=1S/C11H12N2O3/c1-6-3-4-7(11(15-2)10(6)14)8-5-9(12)16-13-8/h3-5,14H,12H2,1-2H3. The summed E-state index contributed by atoms with van der Waals surface area (Å²) in [6, 6.07) is 5.15. The molecule has 5 heteroatoms. The average molecular weight is 220 g/mol. The molecule has 1 aromatic heterocycles. The van der Waals surface area contributed by atoms with Gasteiger partial charge in [-0.2, -0.15) is 0 Å². The van der Waals surface area contributed by atoms with Crippen molar-refractivity contribution in [2.75, 3.05) is 12.8 Å². The van der Waals surface area contributed by atoms with E-state index in [1.165, 1.54) is 7.11 Å². The van der Waals surface area contributed by atoms with Crippen LogP contribution in [0.25, 0.3) is 11.3 Å². The van der Waals surface area contributed by atoms with Crippen LogP contribution >= 0.6 is 0 Å². The fraction of sp³-hybridized carbons (Fsp3) is 0.182. The second-order valence-corrected chi connectivity index (χ2v) is 3.43. The maximum Gasteiger partial charge on any atom is 0.222 e. The van der Waals surface area contributed by atoms with E-state index in [1.807, 2.05) is 0 Å². The van der Waals surface area contributed by atoms with Crippen LogP contribution < -0.4 is 10.5 Å². The fourth-order valence-corrected chi connectivity index (χ4v) is 1.49. The van der Waals surface area contributed by atoms with E-state index in [9.17, 15) is 5.11 Å². The lowest BCUT2D eigenvalue weighted by Crippen LogP contribution is -1.90. The highest BCUT2D eigenvalue weighted by Gasteiger charge is 2.15. The molecule has 0 amide bonds. The summed E-state index contributed by atoms with van der Waals surface area (Å²) in [4.78, 5) is 0. The van der Waals surface area contributed by atoms with Gasteiger partial charge in [0.05, 0.1) is 7.11 Å². The van der Waals surface area contributed by atoms with Gasteiger partial charge in [-0.15, -0.1) is 0 Å². The number of methoxy groups -OCH3 is 1. The number of phenolic OH excluding ortho intramolecular Hbond substituents is 1. The molecule has 0 aliphatic rings. The minimum atomic E-state index is 0.0987. The zero-order valence-corrected chi connectivity index (χ0v) is 9.02. The third kappa shape index (κ3) is 1.56. The number of rotatable bonds is 2. The molecule has 0 saturated heterocycles. The molecule has 1 heterocycles. The number of hydrogen-bond donors (Lipinski definition) is 2. The van der Waals surface area contributed by atoms with Crippen molar-refractivity contribution in [1.82, 2.24) is 5.16 Å². The highest BCUT2D eigenvalue weighted by atomic mass is 16.5. The van der Waals surface area contributed by atoms with Crippen molar-refractivity contribution < 1.29 is 14.4 Å². The van der Waals surface area contributed by atoms with Crippen LogP contribution in [-0.2, 0) is 0 Å². The monoisotopic (exact) mass is 220 g/mol.